The lowest BCUT2D eigenvalue weighted by atomic mass is 10.3. The fraction of sp³-hybridized carbons (Fsp3) is 0.294. The highest BCUT2D eigenvalue weighted by atomic mass is 127. The van der Waals surface area contributed by atoms with Crippen molar-refractivity contribution in [2.75, 3.05) is 25.0 Å². The lowest BCUT2D eigenvalue weighted by molar-refractivity contribution is -0.114. The Kier molecular flexibility index (Phi) is 9.68. The molecule has 1 aromatic carbocycles. The number of aromatic nitrogens is 1. The van der Waals surface area contributed by atoms with Crippen LogP contribution in [0.15, 0.2) is 41.7 Å². The van der Waals surface area contributed by atoms with E-state index in [4.69, 9.17) is 0 Å². The third-order valence-corrected chi connectivity index (χ3v) is 3.36. The van der Waals surface area contributed by atoms with Crippen molar-refractivity contribution >= 4 is 41.5 Å². The minimum Gasteiger partial charge on any atom is -0.357 e. The van der Waals surface area contributed by atoms with Crippen LogP contribution in [0.3, 0.4) is 0 Å². The zero-order valence-electron chi connectivity index (χ0n) is 14.6. The highest BCUT2D eigenvalue weighted by Gasteiger charge is 2.15. The Morgan fingerprint density at radius 3 is 2.48 bits per heavy atom. The summed E-state index contributed by atoms with van der Waals surface area (Å²) in [6.07, 6.45) is 3.85. The van der Waals surface area contributed by atoms with Gasteiger partial charge in [-0.2, -0.15) is 0 Å². The van der Waals surface area contributed by atoms with E-state index < -0.39 is 29.0 Å². The van der Waals surface area contributed by atoms with Crippen molar-refractivity contribution in [3.8, 4) is 0 Å². The molecular formula is C17H21F3IN5O. The summed E-state index contributed by atoms with van der Waals surface area (Å²) in [5.41, 5.74) is -0.435. The SMILES string of the molecule is CCNC(=NCC(=O)Nc1ccc(F)c(F)c1F)NCCn1cccc1.I. The maximum atomic E-state index is 13.6. The number of benzene rings is 1. The highest BCUT2D eigenvalue weighted by molar-refractivity contribution is 14.0. The number of amides is 1. The maximum absolute atomic E-state index is 13.6. The summed E-state index contributed by atoms with van der Waals surface area (Å²) in [6, 6.07) is 5.53. The number of nitrogens with zero attached hydrogens (tertiary/aromatic N) is 2. The summed E-state index contributed by atoms with van der Waals surface area (Å²) in [4.78, 5) is 16.0. The van der Waals surface area contributed by atoms with Gasteiger partial charge in [0.25, 0.3) is 0 Å². The van der Waals surface area contributed by atoms with Gasteiger partial charge in [0.1, 0.15) is 6.54 Å². The second-order valence-electron chi connectivity index (χ2n) is 5.31. The number of carbonyl (C=O) groups excluding carboxylic acids is 1. The predicted octanol–water partition coefficient (Wildman–Crippen LogP) is 2.72. The van der Waals surface area contributed by atoms with Gasteiger partial charge >= 0.3 is 0 Å². The molecule has 0 aliphatic rings. The fourth-order valence-electron chi connectivity index (χ4n) is 2.13. The van der Waals surface area contributed by atoms with Crippen molar-refractivity contribution in [1.82, 2.24) is 15.2 Å². The van der Waals surface area contributed by atoms with Gasteiger partial charge in [0.05, 0.1) is 5.69 Å². The first-order valence-corrected chi connectivity index (χ1v) is 8.07. The average Bonchev–Trinajstić information content (AvgIpc) is 3.13. The Morgan fingerprint density at radius 1 is 1.11 bits per heavy atom. The van der Waals surface area contributed by atoms with Crippen molar-refractivity contribution in [3.63, 3.8) is 0 Å². The van der Waals surface area contributed by atoms with Crippen LogP contribution in [-0.4, -0.2) is 36.1 Å². The average molecular weight is 495 g/mol. The number of nitrogens with one attached hydrogen (secondary N) is 3. The van der Waals surface area contributed by atoms with Gasteiger partial charge < -0.3 is 20.5 Å². The van der Waals surface area contributed by atoms with Crippen LogP contribution in [0.5, 0.6) is 0 Å². The van der Waals surface area contributed by atoms with Crippen molar-refractivity contribution < 1.29 is 18.0 Å². The van der Waals surface area contributed by atoms with Gasteiger partial charge in [-0.15, -0.1) is 24.0 Å². The maximum Gasteiger partial charge on any atom is 0.246 e. The number of hydrogen-bond acceptors (Lipinski definition) is 2. The van der Waals surface area contributed by atoms with E-state index in [1.807, 2.05) is 36.0 Å². The minimum atomic E-state index is -1.63. The Labute approximate surface area is 172 Å². The van der Waals surface area contributed by atoms with Crippen LogP contribution in [0.2, 0.25) is 0 Å². The van der Waals surface area contributed by atoms with E-state index in [1.54, 1.807) is 0 Å². The molecule has 10 heteroatoms. The third kappa shape index (κ3) is 7.12. The number of guanidine groups is 1. The Balaban J connectivity index is 0.00000364. The number of carbonyl (C=O) groups is 1. The van der Waals surface area contributed by atoms with Crippen LogP contribution in [-0.2, 0) is 11.3 Å². The summed E-state index contributed by atoms with van der Waals surface area (Å²) >= 11 is 0. The first-order chi connectivity index (χ1) is 12.5. The second kappa shape index (κ2) is 11.5. The molecular weight excluding hydrogens is 474 g/mol. The molecule has 1 amide bonds. The number of halogens is 4. The lowest BCUT2D eigenvalue weighted by Crippen LogP contribution is -2.39. The van der Waals surface area contributed by atoms with Gasteiger partial charge in [-0.05, 0) is 31.2 Å². The molecule has 148 valence electrons. The molecule has 3 N–H and O–H groups in total. The summed E-state index contributed by atoms with van der Waals surface area (Å²) in [5, 5.41) is 8.20. The van der Waals surface area contributed by atoms with Gasteiger partial charge in [0.2, 0.25) is 5.91 Å². The smallest absolute Gasteiger partial charge is 0.246 e. The lowest BCUT2D eigenvalue weighted by Gasteiger charge is -2.12. The second-order valence-corrected chi connectivity index (χ2v) is 5.31. The molecule has 0 atom stereocenters. The van der Waals surface area contributed by atoms with Crippen molar-refractivity contribution in [1.29, 1.82) is 0 Å². The first kappa shape index (κ1) is 22.8. The topological polar surface area (TPSA) is 70.4 Å². The monoisotopic (exact) mass is 495 g/mol. The normalized spacial score (nSPS) is 10.9. The van der Waals surface area contributed by atoms with E-state index >= 15 is 0 Å². The van der Waals surface area contributed by atoms with Crippen molar-refractivity contribution in [2.24, 2.45) is 4.99 Å². The first-order valence-electron chi connectivity index (χ1n) is 8.07. The Hall–Kier alpha value is -2.24. The third-order valence-electron chi connectivity index (χ3n) is 3.36. The van der Waals surface area contributed by atoms with Gasteiger partial charge in [-0.3, -0.25) is 4.79 Å². The number of hydrogen-bond donors (Lipinski definition) is 3. The molecule has 0 saturated carbocycles. The summed E-state index contributed by atoms with van der Waals surface area (Å²) in [6.45, 7) is 3.45. The molecule has 0 bridgehead atoms. The molecule has 1 heterocycles. The van der Waals surface area contributed by atoms with Crippen LogP contribution in [0.25, 0.3) is 0 Å². The molecule has 1 aromatic heterocycles. The zero-order chi connectivity index (χ0) is 18.9. The van der Waals surface area contributed by atoms with Gasteiger partial charge in [0.15, 0.2) is 23.4 Å². The Bertz CT molecular complexity index is 768. The molecule has 0 unspecified atom stereocenters. The summed E-state index contributed by atoms with van der Waals surface area (Å²) in [5.74, 6) is -4.64. The van der Waals surface area contributed by atoms with Crippen LogP contribution >= 0.6 is 24.0 Å². The zero-order valence-corrected chi connectivity index (χ0v) is 17.0. The molecule has 0 fully saturated rings. The van der Waals surface area contributed by atoms with Crippen molar-refractivity contribution in [2.45, 2.75) is 13.5 Å². The van der Waals surface area contributed by atoms with Crippen LogP contribution in [0.4, 0.5) is 18.9 Å². The number of rotatable bonds is 7. The standard InChI is InChI=1S/C17H20F3N5O.HI/c1-2-21-17(22-7-10-25-8-3-4-9-25)23-11-14(26)24-13-6-5-12(18)15(19)16(13)20;/h3-6,8-9H,2,7,10-11H2,1H3,(H,24,26)(H2,21,22,23);1H. The van der Waals surface area contributed by atoms with E-state index in [9.17, 15) is 18.0 Å². The molecule has 0 aliphatic heterocycles. The molecule has 2 aromatic rings. The molecule has 0 spiro atoms. The molecule has 27 heavy (non-hydrogen) atoms. The van der Waals surface area contributed by atoms with E-state index in [-0.39, 0.29) is 30.5 Å². The number of anilines is 1. The minimum absolute atomic E-state index is 0. The van der Waals surface area contributed by atoms with Gasteiger partial charge in [-0.25, -0.2) is 18.2 Å². The molecule has 0 saturated heterocycles. The van der Waals surface area contributed by atoms with Crippen LogP contribution in [0.1, 0.15) is 6.92 Å². The van der Waals surface area contributed by atoms with Crippen molar-refractivity contribution in [3.05, 3.63) is 54.1 Å². The van der Waals surface area contributed by atoms with Gasteiger partial charge in [0, 0.05) is 32.0 Å². The van der Waals surface area contributed by atoms with E-state index in [0.717, 1.165) is 12.1 Å². The largest absolute Gasteiger partial charge is 0.357 e. The predicted molar refractivity (Wildman–Crippen MR) is 109 cm³/mol. The van der Waals surface area contributed by atoms with E-state index in [0.29, 0.717) is 25.6 Å². The molecule has 0 radical (unpaired) electrons. The summed E-state index contributed by atoms with van der Waals surface area (Å²) < 4.78 is 41.6. The van der Waals surface area contributed by atoms with E-state index in [2.05, 4.69) is 20.9 Å². The Morgan fingerprint density at radius 2 is 1.81 bits per heavy atom. The molecule has 6 nitrogen and oxygen atoms in total. The quantitative estimate of drug-likeness (QED) is 0.240. The molecule has 0 aliphatic carbocycles. The van der Waals surface area contributed by atoms with E-state index in [1.165, 1.54) is 0 Å². The van der Waals surface area contributed by atoms with Gasteiger partial charge in [-0.1, -0.05) is 0 Å². The van der Waals surface area contributed by atoms with Crippen LogP contribution in [0, 0.1) is 17.5 Å². The number of aliphatic imine (C=N–C) groups is 1. The summed E-state index contributed by atoms with van der Waals surface area (Å²) in [7, 11) is 0. The van der Waals surface area contributed by atoms with Crippen LogP contribution < -0.4 is 16.0 Å². The highest BCUT2D eigenvalue weighted by Crippen LogP contribution is 2.19. The fourth-order valence-corrected chi connectivity index (χ4v) is 2.13. The molecule has 2 rings (SSSR count).